The van der Waals surface area contributed by atoms with Crippen LogP contribution >= 0.6 is 0 Å². The van der Waals surface area contributed by atoms with Crippen molar-refractivity contribution in [2.45, 2.75) is 301 Å². The van der Waals surface area contributed by atoms with Crippen LogP contribution in [-0.2, 0) is 66.4 Å². The maximum atomic E-state index is 15.8. The van der Waals surface area contributed by atoms with E-state index in [0.29, 0.717) is 64.0 Å². The lowest BCUT2D eigenvalue weighted by molar-refractivity contribution is -0.402. The van der Waals surface area contributed by atoms with Crippen molar-refractivity contribution in [1.29, 1.82) is 0 Å². The van der Waals surface area contributed by atoms with Gasteiger partial charge in [0.1, 0.15) is 153 Å². The molecule has 11 aliphatic rings. The highest BCUT2D eigenvalue weighted by molar-refractivity contribution is 5.77. The number of ether oxygens (including phenoxy) is 13. The van der Waals surface area contributed by atoms with Gasteiger partial charge in [-0.25, -0.2) is 0 Å². The summed E-state index contributed by atoms with van der Waals surface area (Å²) in [6, 6.07) is 0. The van der Waals surface area contributed by atoms with Crippen molar-refractivity contribution in [3.8, 4) is 0 Å². The molecule has 11 rings (SSSR count). The van der Waals surface area contributed by atoms with Crippen molar-refractivity contribution >= 4 is 5.97 Å². The van der Waals surface area contributed by atoms with Crippen LogP contribution in [0.4, 0.5) is 0 Å². The van der Waals surface area contributed by atoms with Gasteiger partial charge >= 0.3 is 5.97 Å². The third kappa shape index (κ3) is 14.5. The van der Waals surface area contributed by atoms with Gasteiger partial charge in [-0.1, -0.05) is 39.3 Å². The Kier molecular flexibility index (Phi) is 25.2. The first-order valence-corrected chi connectivity index (χ1v) is 35.6. The Balaban J connectivity index is 0.875. The molecule has 7 aliphatic heterocycles. The second kappa shape index (κ2) is 31.9. The van der Waals surface area contributed by atoms with Gasteiger partial charge < -0.3 is 174 Å². The highest BCUT2D eigenvalue weighted by Gasteiger charge is 2.71. The summed E-state index contributed by atoms with van der Waals surface area (Å²) in [4.78, 5) is 15.8. The van der Waals surface area contributed by atoms with Crippen LogP contribution in [0.25, 0.3) is 0 Å². The van der Waals surface area contributed by atoms with Crippen molar-refractivity contribution in [3.63, 3.8) is 0 Å². The van der Waals surface area contributed by atoms with E-state index in [1.807, 2.05) is 0 Å². The van der Waals surface area contributed by atoms with Gasteiger partial charge in [0, 0.05) is 5.92 Å². The number of allylic oxidation sites excluding steroid dienone is 1. The first kappa shape index (κ1) is 81.3. The molecule has 11 fully saturated rings. The summed E-state index contributed by atoms with van der Waals surface area (Å²) >= 11 is 0. The molecule has 1 spiro atoms. The number of hydrogen-bond acceptors (Lipinski definition) is 36. The van der Waals surface area contributed by atoms with Crippen LogP contribution in [0.15, 0.2) is 24.2 Å². The lowest BCUT2D eigenvalue weighted by atomic mass is 9.44. The number of fused-ring (bicyclic) bond motifs is 4. The van der Waals surface area contributed by atoms with Crippen molar-refractivity contribution < 1.29 is 179 Å². The van der Waals surface area contributed by atoms with E-state index in [1.165, 1.54) is 0 Å². The Hall–Kier alpha value is -2.73. The Morgan fingerprint density at radius 3 is 1.55 bits per heavy atom. The molecule has 0 aromatic rings. The summed E-state index contributed by atoms with van der Waals surface area (Å²) in [5.41, 5.74) is -2.63. The molecule has 0 amide bonds. The number of hydrogen-bond donors (Lipinski definition) is 22. The first-order chi connectivity index (χ1) is 48.7. The molecule has 4 saturated carbocycles. The van der Waals surface area contributed by atoms with Crippen molar-refractivity contribution in [1.82, 2.24) is 0 Å². The van der Waals surface area contributed by atoms with Gasteiger partial charge in [-0.15, -0.1) is 0 Å². The number of rotatable bonds is 21. The fourth-order valence-corrected chi connectivity index (χ4v) is 19.0. The van der Waals surface area contributed by atoms with Gasteiger partial charge in [0.25, 0.3) is 0 Å². The molecule has 2 unspecified atom stereocenters. The Morgan fingerprint density at radius 1 is 0.485 bits per heavy atom. The number of carbonyl (C=O) groups excluding carboxylic acids is 1. The van der Waals surface area contributed by atoms with Crippen LogP contribution in [-0.4, -0.2) is 367 Å². The largest absolute Gasteiger partial charge is 0.512 e. The molecule has 22 N–H and O–H groups in total. The predicted molar refractivity (Wildman–Crippen MR) is 337 cm³/mol. The van der Waals surface area contributed by atoms with Gasteiger partial charge in [0.05, 0.1) is 70.0 Å². The summed E-state index contributed by atoms with van der Waals surface area (Å²) in [6.07, 6.45) is -53.0. The second-order valence-electron chi connectivity index (χ2n) is 31.3. The maximum Gasteiger partial charge on any atom is 0.314 e. The first-order valence-electron chi connectivity index (χ1n) is 35.6. The van der Waals surface area contributed by atoms with E-state index in [-0.39, 0.29) is 12.8 Å². The summed E-state index contributed by atoms with van der Waals surface area (Å²) in [5, 5.41) is 238. The molecule has 40 atom stereocenters. The molecule has 103 heavy (non-hydrogen) atoms. The van der Waals surface area contributed by atoms with Crippen molar-refractivity contribution in [3.05, 3.63) is 24.2 Å². The average Bonchev–Trinajstić information content (AvgIpc) is 1.53. The highest BCUT2D eigenvalue weighted by Crippen LogP contribution is 2.78. The van der Waals surface area contributed by atoms with Crippen LogP contribution < -0.4 is 0 Å². The molecule has 0 aromatic carbocycles. The summed E-state index contributed by atoms with van der Waals surface area (Å²) in [5.74, 6) is -2.64. The molecule has 36 heteroatoms. The number of esters is 1. The Morgan fingerprint density at radius 2 is 0.971 bits per heavy atom. The average molecular weight is 1490 g/mol. The van der Waals surface area contributed by atoms with E-state index in [0.717, 1.165) is 5.57 Å². The number of aliphatic hydroxyl groups is 22. The van der Waals surface area contributed by atoms with Crippen LogP contribution in [0.5, 0.6) is 0 Å². The lowest BCUT2D eigenvalue weighted by Crippen LogP contribution is -2.68. The zero-order chi connectivity index (χ0) is 75.1. The summed E-state index contributed by atoms with van der Waals surface area (Å²) in [6.45, 7) is 7.12. The van der Waals surface area contributed by atoms with E-state index in [1.54, 1.807) is 13.8 Å². The van der Waals surface area contributed by atoms with Gasteiger partial charge in [0.15, 0.2) is 30.7 Å². The molecular weight excluding hydrogens is 1380 g/mol. The summed E-state index contributed by atoms with van der Waals surface area (Å²) in [7, 11) is 0. The van der Waals surface area contributed by atoms with Crippen LogP contribution in [0.1, 0.15) is 98.3 Å². The monoisotopic (exact) mass is 1490 g/mol. The molecular formula is C67H108O36. The van der Waals surface area contributed by atoms with Gasteiger partial charge in [-0.05, 0) is 98.7 Å². The summed E-state index contributed by atoms with van der Waals surface area (Å²) < 4.78 is 79.8. The van der Waals surface area contributed by atoms with E-state index in [2.05, 4.69) is 13.8 Å². The molecule has 4 aliphatic carbocycles. The molecule has 0 aromatic heterocycles. The quantitative estimate of drug-likeness (QED) is 0.0288. The Bertz CT molecular complexity index is 2880. The molecule has 7 saturated heterocycles. The fourth-order valence-electron chi connectivity index (χ4n) is 19.0. The predicted octanol–water partition coefficient (Wildman–Crippen LogP) is -7.84. The van der Waals surface area contributed by atoms with E-state index >= 15 is 4.79 Å². The zero-order valence-electron chi connectivity index (χ0n) is 57.8. The van der Waals surface area contributed by atoms with Crippen molar-refractivity contribution in [2.75, 3.05) is 46.2 Å². The Labute approximate surface area is 592 Å². The van der Waals surface area contributed by atoms with E-state index < -0.39 is 299 Å². The minimum absolute atomic E-state index is 0.209. The number of aliphatic hydroxyl groups excluding tert-OH is 22. The van der Waals surface area contributed by atoms with Crippen LogP contribution in [0.2, 0.25) is 0 Å². The van der Waals surface area contributed by atoms with Crippen LogP contribution in [0.3, 0.4) is 0 Å². The van der Waals surface area contributed by atoms with Crippen molar-refractivity contribution in [2.24, 2.45) is 38.9 Å². The highest BCUT2D eigenvalue weighted by atomic mass is 16.8. The molecule has 592 valence electrons. The standard InChI is InChI=1S/C67H108O36/c1-25-13-67-10-7-27-14-63(3,65(67,5)11-12-66(25,24-67)15-28-53(99-57-49(87)45(83)38(76)30(17-69)94-57)26(2)52(35(22-74)92-28)91-23-36-42(80)44(82)37(75)29(16-68)93-36)8-6-9-64(27,4)62(90)103-61-56(102-59-51(89)47(85)40(78)32(19-71)96-59)54(43(81)34(21-73)98-61)100-60-55(48(86)41(79)33(20-72)97-60)101-58-50(88)46(84)39(77)31(18-70)95-58/h17,26-29,31-61,68-89H,1,6-16,18-24H2,2-5H3/b30-17+/t26-,27+,28?,29+,31+,32+,33+,34+,35+,36?,37+,38+,39+,40+,41+,42-,43+,44-,45-,46-,47-,48-,49+,50+,51+,52-,53+,54-,55+,56+,57-,58-,59-,60-,61-,63+,64+,65-,66-,67+/m0/s1. The van der Waals surface area contributed by atoms with Gasteiger partial charge in [-0.2, -0.15) is 0 Å². The minimum Gasteiger partial charge on any atom is -0.512 e. The third-order valence-corrected chi connectivity index (χ3v) is 25.7. The van der Waals surface area contributed by atoms with Crippen LogP contribution in [0, 0.1) is 38.9 Å². The van der Waals surface area contributed by atoms with Gasteiger partial charge in [-0.3, -0.25) is 4.79 Å². The zero-order valence-corrected chi connectivity index (χ0v) is 57.8. The fraction of sp³-hybridized carbons (Fsp3) is 0.925. The van der Waals surface area contributed by atoms with E-state index in [9.17, 15) is 112 Å². The molecule has 0 radical (unpaired) electrons. The normalized spacial score (nSPS) is 53.7. The maximum absolute atomic E-state index is 15.8. The molecule has 36 nitrogen and oxygen atoms in total. The minimum atomic E-state index is -2.16. The molecule has 7 heterocycles. The molecule has 4 bridgehead atoms. The second-order valence-corrected chi connectivity index (χ2v) is 31.3. The number of carbonyl (C=O) groups is 1. The van der Waals surface area contributed by atoms with Gasteiger partial charge in [0.2, 0.25) is 12.6 Å². The smallest absolute Gasteiger partial charge is 0.314 e. The third-order valence-electron chi connectivity index (χ3n) is 25.7. The topological polar surface area (TPSA) is 582 Å². The lowest BCUT2D eigenvalue weighted by Gasteiger charge is -2.60. The SMILES string of the molecule is C=C1C[C@@]23CC[C@@H]4C[C@@](C)(CCC[C@@]4(C)C(=O)O[C@@H]4O[C@H](CO)[C@@H](O)[C@H](O[C@@H]5O[C@H](CO)[C@@H](O)[C@H](O)[C@H]5O[C@@H]5O[C@H](CO)[C@@H](O)[C@H](O)[C@H]5O)[C@H]4O[C@@H]4O[C@H](CO)[C@@H](O)[C@H](O)[C@H]4O)[C@]2(C)CC[C@]1(CC1O[C@H](CO)[C@@H](OCC2O[C@H](CO)[C@@H](O)[C@H](O)[C@H]2O)[C@H](C)[C@H]1O[C@@H]1O/C(=C/O)[C@@H](O)[C@H](O)[C@H]1O)C3. The van der Waals surface area contributed by atoms with E-state index in [4.69, 9.17) is 68.2 Å².